The molecule has 0 fully saturated rings. The summed E-state index contributed by atoms with van der Waals surface area (Å²) in [5.41, 5.74) is 0. The van der Waals surface area contributed by atoms with Crippen LogP contribution in [-0.4, -0.2) is 25.1 Å². The van der Waals surface area contributed by atoms with E-state index in [1.165, 1.54) is 11.4 Å². The fourth-order valence-corrected chi connectivity index (χ4v) is 1.85. The second-order valence-corrected chi connectivity index (χ2v) is 4.52. The second kappa shape index (κ2) is 3.37. The first-order valence-electron chi connectivity index (χ1n) is 3.98. The number of quaternary nitrogens is 1. The van der Waals surface area contributed by atoms with Gasteiger partial charge in [-0.05, 0) is 18.4 Å². The molecule has 0 aliphatic carbocycles. The molecule has 1 aromatic rings. The summed E-state index contributed by atoms with van der Waals surface area (Å²) in [5, 5.41) is 2.14. The van der Waals surface area contributed by atoms with Gasteiger partial charge in [-0.25, -0.2) is 0 Å². The summed E-state index contributed by atoms with van der Waals surface area (Å²) in [5.74, 6) is 0. The summed E-state index contributed by atoms with van der Waals surface area (Å²) in [6, 6.07) is 4.33. The number of hydrogen-bond donors (Lipinski definition) is 0. The Morgan fingerprint density at radius 1 is 1.45 bits per heavy atom. The number of nitrogens with zero attached hydrogens (tertiary/aromatic N) is 1. The minimum Gasteiger partial charge on any atom is -0.324 e. The van der Waals surface area contributed by atoms with E-state index in [2.05, 4.69) is 38.5 Å². The van der Waals surface area contributed by atoms with Gasteiger partial charge in [0.1, 0.15) is 6.54 Å². The van der Waals surface area contributed by atoms with Gasteiger partial charge >= 0.3 is 0 Å². The monoisotopic (exact) mass is 170 g/mol. The van der Waals surface area contributed by atoms with Gasteiger partial charge in [0.15, 0.2) is 0 Å². The van der Waals surface area contributed by atoms with Crippen LogP contribution in [0.4, 0.5) is 0 Å². The number of rotatable bonds is 3. The van der Waals surface area contributed by atoms with Gasteiger partial charge in [0.2, 0.25) is 0 Å². The maximum absolute atomic E-state index is 2.26. The molecule has 0 saturated carbocycles. The fourth-order valence-electron chi connectivity index (χ4n) is 0.936. The summed E-state index contributed by atoms with van der Waals surface area (Å²) in [7, 11) is 4.53. The third kappa shape index (κ3) is 2.64. The van der Waals surface area contributed by atoms with Crippen LogP contribution in [0.25, 0.3) is 0 Å². The molecule has 0 aliphatic heterocycles. The fraction of sp³-hybridized carbons (Fsp3) is 0.556. The minimum absolute atomic E-state index is 1.08. The Kier molecular flexibility index (Phi) is 2.68. The molecule has 0 unspecified atom stereocenters. The molecule has 62 valence electrons. The molecule has 1 aromatic heterocycles. The molecule has 0 radical (unpaired) electrons. The third-order valence-corrected chi connectivity index (χ3v) is 2.88. The van der Waals surface area contributed by atoms with Gasteiger partial charge in [-0.15, -0.1) is 11.3 Å². The zero-order valence-electron chi connectivity index (χ0n) is 7.50. The molecule has 0 atom stereocenters. The van der Waals surface area contributed by atoms with Crippen molar-refractivity contribution in [3.8, 4) is 0 Å². The summed E-state index contributed by atoms with van der Waals surface area (Å²) in [4.78, 5) is 1.48. The van der Waals surface area contributed by atoms with Crippen molar-refractivity contribution in [2.45, 2.75) is 13.5 Å². The second-order valence-electron chi connectivity index (χ2n) is 3.49. The molecule has 0 bridgehead atoms. The smallest absolute Gasteiger partial charge is 0.113 e. The maximum atomic E-state index is 2.26. The highest BCUT2D eigenvalue weighted by Gasteiger charge is 2.12. The van der Waals surface area contributed by atoms with Crippen molar-refractivity contribution in [2.24, 2.45) is 0 Å². The Hall–Kier alpha value is -0.340. The van der Waals surface area contributed by atoms with E-state index in [-0.39, 0.29) is 0 Å². The van der Waals surface area contributed by atoms with Crippen molar-refractivity contribution in [2.75, 3.05) is 20.6 Å². The molecule has 1 rings (SSSR count). The van der Waals surface area contributed by atoms with E-state index in [9.17, 15) is 0 Å². The molecule has 2 heteroatoms. The van der Waals surface area contributed by atoms with Crippen molar-refractivity contribution < 1.29 is 4.48 Å². The first kappa shape index (κ1) is 8.75. The highest BCUT2D eigenvalue weighted by Crippen LogP contribution is 2.13. The van der Waals surface area contributed by atoms with Crippen LogP contribution in [0.3, 0.4) is 0 Å². The predicted molar refractivity (Wildman–Crippen MR) is 50.7 cm³/mol. The van der Waals surface area contributed by atoms with Gasteiger partial charge in [-0.2, -0.15) is 0 Å². The topological polar surface area (TPSA) is 0 Å². The summed E-state index contributed by atoms with van der Waals surface area (Å²) in [6.07, 6.45) is 0. The first-order valence-corrected chi connectivity index (χ1v) is 4.86. The van der Waals surface area contributed by atoms with Gasteiger partial charge in [0.25, 0.3) is 0 Å². The van der Waals surface area contributed by atoms with Gasteiger partial charge in [0, 0.05) is 0 Å². The van der Waals surface area contributed by atoms with Crippen LogP contribution in [0.5, 0.6) is 0 Å². The zero-order valence-corrected chi connectivity index (χ0v) is 8.32. The lowest BCUT2D eigenvalue weighted by molar-refractivity contribution is -0.901. The number of hydrogen-bond acceptors (Lipinski definition) is 1. The van der Waals surface area contributed by atoms with E-state index in [0.717, 1.165) is 11.0 Å². The van der Waals surface area contributed by atoms with Crippen LogP contribution in [-0.2, 0) is 6.54 Å². The van der Waals surface area contributed by atoms with E-state index in [0.29, 0.717) is 0 Å². The molecule has 0 N–H and O–H groups in total. The molecular formula is C9H16NS+. The van der Waals surface area contributed by atoms with Crippen LogP contribution in [0.2, 0.25) is 0 Å². The lowest BCUT2D eigenvalue weighted by Crippen LogP contribution is -2.37. The molecular weight excluding hydrogens is 154 g/mol. The van der Waals surface area contributed by atoms with Crippen molar-refractivity contribution in [1.82, 2.24) is 0 Å². The van der Waals surface area contributed by atoms with Crippen LogP contribution >= 0.6 is 11.3 Å². The quantitative estimate of drug-likeness (QED) is 0.611. The highest BCUT2D eigenvalue weighted by atomic mass is 32.1. The van der Waals surface area contributed by atoms with Crippen molar-refractivity contribution in [3.63, 3.8) is 0 Å². The van der Waals surface area contributed by atoms with Crippen molar-refractivity contribution in [3.05, 3.63) is 22.4 Å². The lowest BCUT2D eigenvalue weighted by atomic mass is 10.4. The molecule has 0 spiro atoms. The molecule has 11 heavy (non-hydrogen) atoms. The van der Waals surface area contributed by atoms with Crippen molar-refractivity contribution >= 4 is 11.3 Å². The third-order valence-electron chi connectivity index (χ3n) is 2.02. The SMILES string of the molecule is CC[N+](C)(C)Cc1cccs1. The largest absolute Gasteiger partial charge is 0.324 e. The van der Waals surface area contributed by atoms with Crippen LogP contribution < -0.4 is 0 Å². The Morgan fingerprint density at radius 3 is 2.64 bits per heavy atom. The predicted octanol–water partition coefficient (Wildman–Crippen LogP) is 2.34. The maximum Gasteiger partial charge on any atom is 0.113 e. The molecule has 0 aromatic carbocycles. The Balaban J connectivity index is 2.56. The normalized spacial score (nSPS) is 11.9. The van der Waals surface area contributed by atoms with E-state index in [4.69, 9.17) is 0 Å². The zero-order chi connectivity index (χ0) is 8.32. The first-order chi connectivity index (χ1) is 5.14. The van der Waals surface area contributed by atoms with Crippen molar-refractivity contribution in [1.29, 1.82) is 0 Å². The summed E-state index contributed by atoms with van der Waals surface area (Å²) < 4.78 is 1.08. The van der Waals surface area contributed by atoms with E-state index < -0.39 is 0 Å². The van der Waals surface area contributed by atoms with E-state index >= 15 is 0 Å². The van der Waals surface area contributed by atoms with Crippen LogP contribution in [0.15, 0.2) is 17.5 Å². The van der Waals surface area contributed by atoms with Gasteiger partial charge < -0.3 is 4.48 Å². The highest BCUT2D eigenvalue weighted by molar-refractivity contribution is 7.09. The minimum atomic E-state index is 1.08. The number of thiophene rings is 1. The molecule has 0 aliphatic rings. The molecule has 0 saturated heterocycles. The summed E-state index contributed by atoms with van der Waals surface area (Å²) in [6.45, 7) is 4.58. The van der Waals surface area contributed by atoms with Gasteiger partial charge in [-0.3, -0.25) is 0 Å². The Bertz CT molecular complexity index is 201. The van der Waals surface area contributed by atoms with Crippen LogP contribution in [0.1, 0.15) is 11.8 Å². The average molecular weight is 170 g/mol. The standard InChI is InChI=1S/C9H16NS/c1-4-10(2,3)8-9-6-5-7-11-9/h5-7H,4,8H2,1-3H3/q+1. The van der Waals surface area contributed by atoms with E-state index in [1.807, 2.05) is 11.3 Å². The van der Waals surface area contributed by atoms with E-state index in [1.54, 1.807) is 0 Å². The van der Waals surface area contributed by atoms with Gasteiger partial charge in [0.05, 0.1) is 25.5 Å². The van der Waals surface area contributed by atoms with Crippen LogP contribution in [0, 0.1) is 0 Å². The average Bonchev–Trinajstić information content (AvgIpc) is 2.39. The lowest BCUT2D eigenvalue weighted by Gasteiger charge is -2.27. The molecule has 1 heterocycles. The Morgan fingerprint density at radius 2 is 2.18 bits per heavy atom. The molecule has 1 nitrogen and oxygen atoms in total. The molecule has 0 amide bonds. The summed E-state index contributed by atoms with van der Waals surface area (Å²) >= 11 is 1.85. The Labute approximate surface area is 72.9 Å². The van der Waals surface area contributed by atoms with Gasteiger partial charge in [-0.1, -0.05) is 6.07 Å².